The van der Waals surface area contributed by atoms with Crippen LogP contribution in [0.25, 0.3) is 0 Å². The number of aliphatic carboxylic acids is 1. The molecule has 1 aliphatic heterocycles. The van der Waals surface area contributed by atoms with Crippen molar-refractivity contribution in [3.8, 4) is 0 Å². The van der Waals surface area contributed by atoms with E-state index in [0.717, 1.165) is 11.1 Å². The van der Waals surface area contributed by atoms with Gasteiger partial charge in [0, 0.05) is 25.7 Å². The van der Waals surface area contributed by atoms with Crippen LogP contribution in [0.15, 0.2) is 71.8 Å². The van der Waals surface area contributed by atoms with Crippen LogP contribution < -0.4 is 15.4 Å². The van der Waals surface area contributed by atoms with Crippen molar-refractivity contribution in [1.82, 2.24) is 19.9 Å². The molecular formula is C33H41N5O8S. The summed E-state index contributed by atoms with van der Waals surface area (Å²) in [4.78, 5) is 43.7. The molecule has 4 rings (SSSR count). The number of carboxylic acids is 1. The summed E-state index contributed by atoms with van der Waals surface area (Å²) in [5.74, 6) is -1.46. The van der Waals surface area contributed by atoms with Crippen molar-refractivity contribution in [3.05, 3.63) is 89.1 Å². The number of nitrogens with one attached hydrogen (secondary N) is 3. The lowest BCUT2D eigenvalue weighted by atomic mass is 9.98. The molecule has 0 spiro atoms. The topological polar surface area (TPSA) is 176 Å². The lowest BCUT2D eigenvalue weighted by molar-refractivity contribution is -0.139. The third-order valence-corrected chi connectivity index (χ3v) is 9.64. The Labute approximate surface area is 274 Å². The molecule has 2 amide bonds. The lowest BCUT2D eigenvalue weighted by Crippen LogP contribution is -2.49. The summed E-state index contributed by atoms with van der Waals surface area (Å²) in [7, 11) is -4.20. The fourth-order valence-electron chi connectivity index (χ4n) is 5.69. The molecule has 2 heterocycles. The van der Waals surface area contributed by atoms with Gasteiger partial charge in [0.15, 0.2) is 0 Å². The van der Waals surface area contributed by atoms with Gasteiger partial charge in [0.05, 0.1) is 23.1 Å². The smallest absolute Gasteiger partial charge is 0.410 e. The van der Waals surface area contributed by atoms with Gasteiger partial charge >= 0.3 is 12.1 Å². The summed E-state index contributed by atoms with van der Waals surface area (Å²) >= 11 is 0. The monoisotopic (exact) mass is 667 g/mol. The van der Waals surface area contributed by atoms with Gasteiger partial charge < -0.3 is 25.2 Å². The van der Waals surface area contributed by atoms with Crippen molar-refractivity contribution in [1.29, 1.82) is 0 Å². The number of rotatable bonds is 14. The Hall–Kier alpha value is -4.53. The van der Waals surface area contributed by atoms with E-state index in [0.29, 0.717) is 29.9 Å². The van der Waals surface area contributed by atoms with E-state index in [2.05, 4.69) is 20.3 Å². The molecule has 2 aromatic carbocycles. The Balaban J connectivity index is 1.36. The molecule has 0 unspecified atom stereocenters. The van der Waals surface area contributed by atoms with E-state index < -0.39 is 58.8 Å². The highest BCUT2D eigenvalue weighted by atomic mass is 32.2. The van der Waals surface area contributed by atoms with Crippen LogP contribution in [0.4, 0.5) is 10.6 Å². The highest BCUT2D eigenvalue weighted by Crippen LogP contribution is 2.32. The number of carbonyl (C=O) groups is 3. The molecule has 252 valence electrons. The fourth-order valence-corrected chi connectivity index (χ4v) is 7.33. The number of aromatic nitrogens is 1. The number of hydrogen-bond donors (Lipinski definition) is 4. The van der Waals surface area contributed by atoms with E-state index >= 15 is 0 Å². The Bertz CT molecular complexity index is 1650. The second-order valence-electron chi connectivity index (χ2n) is 11.9. The zero-order chi connectivity index (χ0) is 34.2. The Morgan fingerprint density at radius 1 is 1.06 bits per heavy atom. The zero-order valence-electron chi connectivity index (χ0n) is 26.9. The molecule has 1 fully saturated rings. The number of carbonyl (C=O) groups excluding carboxylic acids is 2. The van der Waals surface area contributed by atoms with Crippen LogP contribution in [0.5, 0.6) is 0 Å². The van der Waals surface area contributed by atoms with Crippen LogP contribution >= 0.6 is 0 Å². The first-order chi connectivity index (χ1) is 22.3. The van der Waals surface area contributed by atoms with Crippen LogP contribution in [0.2, 0.25) is 0 Å². The van der Waals surface area contributed by atoms with E-state index in [1.165, 1.54) is 0 Å². The molecule has 3 aromatic rings. The van der Waals surface area contributed by atoms with Crippen molar-refractivity contribution < 1.29 is 37.4 Å². The van der Waals surface area contributed by atoms with Crippen molar-refractivity contribution in [2.24, 2.45) is 0 Å². The normalized spacial score (nSPS) is 18.4. The minimum absolute atomic E-state index is 0.00215. The van der Waals surface area contributed by atoms with Crippen LogP contribution in [0.1, 0.15) is 35.6 Å². The molecular weight excluding hydrogens is 626 g/mol. The lowest BCUT2D eigenvalue weighted by Gasteiger charge is -2.34. The van der Waals surface area contributed by atoms with Crippen molar-refractivity contribution in [3.63, 3.8) is 0 Å². The molecule has 47 heavy (non-hydrogen) atoms. The van der Waals surface area contributed by atoms with Crippen LogP contribution in [0.3, 0.4) is 0 Å². The third kappa shape index (κ3) is 9.50. The van der Waals surface area contributed by atoms with E-state index in [-0.39, 0.29) is 18.0 Å². The number of aryl methyl sites for hydroxylation is 3. The number of nitrogens with zero attached hydrogens (tertiary/aromatic N) is 2. The maximum Gasteiger partial charge on any atom is 0.410 e. The second-order valence-corrected chi connectivity index (χ2v) is 13.5. The minimum atomic E-state index is -4.20. The number of hydrogen-bond acceptors (Lipinski definition) is 9. The Kier molecular flexibility index (Phi) is 11.6. The summed E-state index contributed by atoms with van der Waals surface area (Å²) in [6.45, 7) is 6.62. The van der Waals surface area contributed by atoms with Gasteiger partial charge in [0.1, 0.15) is 25.1 Å². The number of benzene rings is 2. The van der Waals surface area contributed by atoms with Gasteiger partial charge in [0.2, 0.25) is 15.9 Å². The first-order valence-corrected chi connectivity index (χ1v) is 16.6. The average molecular weight is 668 g/mol. The van der Waals surface area contributed by atoms with Crippen molar-refractivity contribution in [2.45, 2.75) is 63.3 Å². The molecule has 1 aliphatic rings. The number of likely N-dealkylation sites (tertiary alicyclic amines) is 1. The summed E-state index contributed by atoms with van der Waals surface area (Å²) in [6.07, 6.45) is 0.945. The van der Waals surface area contributed by atoms with Gasteiger partial charge in [-0.15, -0.1) is 0 Å². The molecule has 3 atom stereocenters. The Morgan fingerprint density at radius 2 is 1.74 bits per heavy atom. The Morgan fingerprint density at radius 3 is 2.38 bits per heavy atom. The van der Waals surface area contributed by atoms with Crippen molar-refractivity contribution >= 4 is 33.8 Å². The number of anilines is 1. The predicted octanol–water partition coefficient (Wildman–Crippen LogP) is 3.15. The molecule has 14 heteroatoms. The van der Waals surface area contributed by atoms with Gasteiger partial charge in [-0.05, 0) is 56.5 Å². The van der Waals surface area contributed by atoms with E-state index in [1.807, 2.05) is 56.3 Å². The second kappa shape index (κ2) is 15.4. The number of carboxylic acid groups (broad SMARTS) is 1. The molecule has 0 bridgehead atoms. The molecule has 13 nitrogen and oxygen atoms in total. The first-order valence-electron chi connectivity index (χ1n) is 15.1. The largest absolute Gasteiger partial charge is 0.480 e. The fraction of sp³-hybridized carbons (Fsp3) is 0.394. The maximum absolute atomic E-state index is 13.3. The van der Waals surface area contributed by atoms with Gasteiger partial charge in [0.25, 0.3) is 0 Å². The summed E-state index contributed by atoms with van der Waals surface area (Å²) in [5.41, 5.74) is 1.91. The minimum Gasteiger partial charge on any atom is -0.480 e. The highest BCUT2D eigenvalue weighted by molar-refractivity contribution is 7.89. The standard InChI is InChI=1S/C33H41N5O8S/c1-22-14-23(2)30(24(3)15-22)47(43,44)37-27(31(40)41)17-35-29(39)20-45-26-16-33(4,21-36-28-12-8-9-13-34-28)38(18-26)32(42)46-19-25-10-6-5-7-11-25/h5-15,26-27,37H,16-21H2,1-4H3,(H,34,36)(H,35,39)(H,40,41)/t26-,27+,33+/m1/s1. The molecule has 4 N–H and O–H groups in total. The number of amides is 2. The van der Waals surface area contributed by atoms with Crippen LogP contribution in [0, 0.1) is 20.8 Å². The van der Waals surface area contributed by atoms with E-state index in [9.17, 15) is 27.9 Å². The molecule has 0 radical (unpaired) electrons. The zero-order valence-corrected chi connectivity index (χ0v) is 27.7. The van der Waals surface area contributed by atoms with Crippen LogP contribution in [-0.4, -0.2) is 85.3 Å². The number of ether oxygens (including phenoxy) is 2. The summed E-state index contributed by atoms with van der Waals surface area (Å²) < 4.78 is 39.9. The van der Waals surface area contributed by atoms with Crippen LogP contribution in [-0.2, 0) is 35.7 Å². The van der Waals surface area contributed by atoms with E-state index in [1.54, 1.807) is 43.1 Å². The first kappa shape index (κ1) is 35.3. The van der Waals surface area contributed by atoms with Crippen molar-refractivity contribution in [2.75, 3.05) is 31.6 Å². The third-order valence-electron chi connectivity index (χ3n) is 7.87. The molecule has 1 aromatic heterocycles. The summed E-state index contributed by atoms with van der Waals surface area (Å²) in [5, 5.41) is 15.4. The quantitative estimate of drug-likeness (QED) is 0.200. The number of pyridine rings is 1. The highest BCUT2D eigenvalue weighted by Gasteiger charge is 2.46. The molecule has 1 saturated heterocycles. The van der Waals surface area contributed by atoms with E-state index in [4.69, 9.17) is 9.47 Å². The predicted molar refractivity (Wildman–Crippen MR) is 174 cm³/mol. The van der Waals surface area contributed by atoms with Gasteiger partial charge in [-0.25, -0.2) is 18.2 Å². The molecule has 0 saturated carbocycles. The van der Waals surface area contributed by atoms with Gasteiger partial charge in [-0.3, -0.25) is 14.5 Å². The maximum atomic E-state index is 13.3. The SMILES string of the molecule is Cc1cc(C)c(S(=O)(=O)N[C@@H](CNC(=O)CO[C@H]2CN(C(=O)OCc3ccccc3)[C@](C)(CNc3ccccn3)C2)C(=O)O)c(C)c1. The van der Waals surface area contributed by atoms with Gasteiger partial charge in [-0.2, -0.15) is 4.72 Å². The van der Waals surface area contributed by atoms with Gasteiger partial charge in [-0.1, -0.05) is 54.1 Å². The average Bonchev–Trinajstić information content (AvgIpc) is 3.36. The summed E-state index contributed by atoms with van der Waals surface area (Å²) in [6, 6.07) is 16.5. The number of sulfonamides is 1. The molecule has 0 aliphatic carbocycles.